The molecule has 43 heavy (non-hydrogen) atoms. The molecule has 0 saturated carbocycles. The van der Waals surface area contributed by atoms with E-state index in [1.54, 1.807) is 26.8 Å². The number of carbonyl (C=O) groups is 2. The van der Waals surface area contributed by atoms with Gasteiger partial charge in [0.15, 0.2) is 0 Å². The summed E-state index contributed by atoms with van der Waals surface area (Å²) in [5, 5.41) is 11.9. The first-order chi connectivity index (χ1) is 20.5. The highest BCUT2D eigenvalue weighted by Crippen LogP contribution is 2.14. The molecule has 222 valence electrons. The Morgan fingerprint density at radius 3 is 2.42 bits per heavy atom. The van der Waals surface area contributed by atoms with E-state index in [2.05, 4.69) is 27.1 Å². The van der Waals surface area contributed by atoms with Crippen molar-refractivity contribution in [3.63, 3.8) is 0 Å². The maximum atomic E-state index is 12.1. The molecular weight excluding hydrogens is 548 g/mol. The SMILES string of the molecule is CN(CCOC(=O)NCc1ccc(COc2nccc(N)n2)cc1)c1ccc(C#C/C=C(\C#N)C(=O)OC(C)(C)C)cc1. The van der Waals surface area contributed by atoms with Gasteiger partial charge in [-0.2, -0.15) is 10.2 Å². The molecule has 11 nitrogen and oxygen atoms in total. The van der Waals surface area contributed by atoms with Crippen LogP contribution in [0.25, 0.3) is 0 Å². The minimum absolute atomic E-state index is 0.159. The molecule has 0 spiro atoms. The molecule has 0 bridgehead atoms. The Morgan fingerprint density at radius 1 is 1.07 bits per heavy atom. The van der Waals surface area contributed by atoms with Crippen LogP contribution in [0.3, 0.4) is 0 Å². The number of anilines is 2. The molecule has 0 atom stereocenters. The third kappa shape index (κ3) is 11.5. The van der Waals surface area contributed by atoms with Crippen molar-refractivity contribution in [3.05, 3.63) is 89.1 Å². The van der Waals surface area contributed by atoms with E-state index in [0.29, 0.717) is 31.1 Å². The second-order valence-electron chi connectivity index (χ2n) is 10.3. The predicted molar refractivity (Wildman–Crippen MR) is 162 cm³/mol. The van der Waals surface area contributed by atoms with Gasteiger partial charge in [-0.15, -0.1) is 0 Å². The van der Waals surface area contributed by atoms with Crippen LogP contribution in [0.15, 0.2) is 72.4 Å². The zero-order valence-electron chi connectivity index (χ0n) is 24.6. The molecule has 0 aliphatic heterocycles. The molecule has 0 aliphatic carbocycles. The molecule has 0 fully saturated rings. The number of nitrogens with zero attached hydrogens (tertiary/aromatic N) is 4. The molecule has 0 saturated heterocycles. The number of nitriles is 1. The van der Waals surface area contributed by atoms with Gasteiger partial charge in [-0.1, -0.05) is 36.1 Å². The Hall–Kier alpha value is -5.55. The maximum Gasteiger partial charge on any atom is 0.407 e. The lowest BCUT2D eigenvalue weighted by Gasteiger charge is -2.19. The van der Waals surface area contributed by atoms with Gasteiger partial charge in [0.25, 0.3) is 0 Å². The van der Waals surface area contributed by atoms with Gasteiger partial charge in [0, 0.05) is 37.1 Å². The first-order valence-electron chi connectivity index (χ1n) is 13.4. The molecule has 0 unspecified atom stereocenters. The van der Waals surface area contributed by atoms with Gasteiger partial charge < -0.3 is 30.2 Å². The Morgan fingerprint density at radius 2 is 1.77 bits per heavy atom. The van der Waals surface area contributed by atoms with E-state index in [1.165, 1.54) is 12.3 Å². The largest absolute Gasteiger partial charge is 0.459 e. The number of aromatic nitrogens is 2. The minimum Gasteiger partial charge on any atom is -0.459 e. The topological polar surface area (TPSA) is 153 Å². The monoisotopic (exact) mass is 582 g/mol. The van der Waals surface area contributed by atoms with Crippen LogP contribution in [0.5, 0.6) is 6.01 Å². The molecule has 3 rings (SSSR count). The Kier molecular flexibility index (Phi) is 11.5. The smallest absolute Gasteiger partial charge is 0.407 e. The lowest BCUT2D eigenvalue weighted by Crippen LogP contribution is -2.28. The van der Waals surface area contributed by atoms with E-state index >= 15 is 0 Å². The lowest BCUT2D eigenvalue weighted by molar-refractivity contribution is -0.149. The molecule has 0 radical (unpaired) electrons. The van der Waals surface area contributed by atoms with Crippen LogP contribution in [-0.4, -0.2) is 47.8 Å². The molecule has 1 aromatic heterocycles. The van der Waals surface area contributed by atoms with Crippen molar-refractivity contribution in [3.8, 4) is 23.9 Å². The van der Waals surface area contributed by atoms with E-state index in [9.17, 15) is 14.9 Å². The van der Waals surface area contributed by atoms with E-state index in [-0.39, 0.29) is 18.2 Å². The van der Waals surface area contributed by atoms with Gasteiger partial charge in [0.2, 0.25) is 0 Å². The summed E-state index contributed by atoms with van der Waals surface area (Å²) in [7, 11) is 1.88. The van der Waals surface area contributed by atoms with Crippen LogP contribution in [0, 0.1) is 23.2 Å². The third-order valence-electron chi connectivity index (χ3n) is 5.62. The predicted octanol–water partition coefficient (Wildman–Crippen LogP) is 4.14. The molecule has 1 amide bonds. The van der Waals surface area contributed by atoms with Crippen molar-refractivity contribution in [1.29, 1.82) is 5.26 Å². The van der Waals surface area contributed by atoms with Crippen LogP contribution < -0.4 is 20.7 Å². The standard InChI is InChI=1S/C32H34N6O5/c1-32(2,3)43-29(39)26(20-33)7-5-6-23-12-14-27(15-13-23)38(4)18-19-41-31(40)36-21-24-8-10-25(11-9-24)22-42-30-35-17-16-28(34)37-30/h7-17H,18-19,21-22H2,1-4H3,(H,36,40)(H2,34,35,37)/b26-7+. The Labute approximate surface area is 251 Å². The number of hydrogen-bond acceptors (Lipinski definition) is 10. The second-order valence-corrected chi connectivity index (χ2v) is 10.3. The quantitative estimate of drug-likeness (QED) is 0.154. The van der Waals surface area contributed by atoms with Gasteiger partial charge >= 0.3 is 18.1 Å². The highest BCUT2D eigenvalue weighted by atomic mass is 16.6. The molecule has 3 N–H and O–H groups in total. The van der Waals surface area contributed by atoms with E-state index in [4.69, 9.17) is 19.9 Å². The fraction of sp³-hybridized carbons (Fsp3) is 0.281. The van der Waals surface area contributed by atoms with Gasteiger partial charge in [0.1, 0.15) is 36.3 Å². The second kappa shape index (κ2) is 15.5. The first-order valence-corrected chi connectivity index (χ1v) is 13.4. The van der Waals surface area contributed by atoms with Crippen molar-refractivity contribution in [2.45, 2.75) is 39.5 Å². The Balaban J connectivity index is 1.38. The number of rotatable bonds is 10. The summed E-state index contributed by atoms with van der Waals surface area (Å²) < 4.78 is 16.0. The number of esters is 1. The van der Waals surface area contributed by atoms with Crippen molar-refractivity contribution >= 4 is 23.6 Å². The number of benzene rings is 2. The summed E-state index contributed by atoms with van der Waals surface area (Å²) in [6.07, 6.45) is 2.27. The van der Waals surface area contributed by atoms with Crippen LogP contribution in [-0.2, 0) is 27.4 Å². The van der Waals surface area contributed by atoms with Crippen molar-refractivity contribution < 1.29 is 23.8 Å². The summed E-state index contributed by atoms with van der Waals surface area (Å²) in [6.45, 7) is 6.47. The Bertz CT molecular complexity index is 1530. The van der Waals surface area contributed by atoms with Gasteiger partial charge in [0.05, 0.1) is 6.54 Å². The molecule has 11 heteroatoms. The number of nitrogen functional groups attached to an aromatic ring is 1. The average Bonchev–Trinajstić information content (AvgIpc) is 2.97. The van der Waals surface area contributed by atoms with Gasteiger partial charge in [-0.3, -0.25) is 0 Å². The fourth-order valence-electron chi connectivity index (χ4n) is 3.42. The van der Waals surface area contributed by atoms with Crippen LogP contribution in [0.4, 0.5) is 16.3 Å². The highest BCUT2D eigenvalue weighted by molar-refractivity contribution is 5.93. The van der Waals surface area contributed by atoms with E-state index in [1.807, 2.05) is 66.5 Å². The number of nitrogens with one attached hydrogen (secondary N) is 1. The number of carbonyl (C=O) groups excluding carboxylic acids is 2. The molecule has 3 aromatic rings. The molecule has 1 heterocycles. The summed E-state index contributed by atoms with van der Waals surface area (Å²) in [6, 6.07) is 18.6. The zero-order valence-corrected chi connectivity index (χ0v) is 24.6. The minimum atomic E-state index is -0.709. The van der Waals surface area contributed by atoms with Crippen LogP contribution in [0.1, 0.15) is 37.5 Å². The maximum absolute atomic E-state index is 12.1. The highest BCUT2D eigenvalue weighted by Gasteiger charge is 2.19. The normalized spacial score (nSPS) is 10.9. The van der Waals surface area contributed by atoms with Crippen molar-refractivity contribution in [2.75, 3.05) is 30.8 Å². The van der Waals surface area contributed by atoms with Crippen LogP contribution in [0.2, 0.25) is 0 Å². The van der Waals surface area contributed by atoms with E-state index < -0.39 is 17.7 Å². The number of alkyl carbamates (subject to hydrolysis) is 1. The third-order valence-corrected chi connectivity index (χ3v) is 5.62. The average molecular weight is 583 g/mol. The van der Waals surface area contributed by atoms with Crippen molar-refractivity contribution in [2.24, 2.45) is 0 Å². The van der Waals surface area contributed by atoms with Crippen LogP contribution >= 0.6 is 0 Å². The van der Waals surface area contributed by atoms with Crippen molar-refractivity contribution in [1.82, 2.24) is 15.3 Å². The number of nitrogens with two attached hydrogens (primary N) is 1. The van der Waals surface area contributed by atoms with Gasteiger partial charge in [-0.05, 0) is 62.2 Å². The summed E-state index contributed by atoms with van der Waals surface area (Å²) >= 11 is 0. The van der Waals surface area contributed by atoms with Gasteiger partial charge in [-0.25, -0.2) is 14.6 Å². The summed E-state index contributed by atoms with van der Waals surface area (Å²) in [4.78, 5) is 34.1. The number of amides is 1. The number of ether oxygens (including phenoxy) is 3. The lowest BCUT2D eigenvalue weighted by atomic mass is 10.1. The fourth-order valence-corrected chi connectivity index (χ4v) is 3.42. The molecular formula is C32H34N6O5. The number of allylic oxidation sites excluding steroid dienone is 1. The summed E-state index contributed by atoms with van der Waals surface area (Å²) in [5.41, 5.74) is 8.21. The summed E-state index contributed by atoms with van der Waals surface area (Å²) in [5.74, 6) is 5.26. The number of likely N-dealkylation sites (N-methyl/N-ethyl adjacent to an activating group) is 1. The number of hydrogen-bond donors (Lipinski definition) is 2. The zero-order chi connectivity index (χ0) is 31.2. The molecule has 0 aliphatic rings. The van der Waals surface area contributed by atoms with E-state index in [0.717, 1.165) is 16.8 Å². The molecule has 2 aromatic carbocycles. The first kappa shape index (κ1) is 32.0.